The zero-order valence-corrected chi connectivity index (χ0v) is 8.27. The van der Waals surface area contributed by atoms with Gasteiger partial charge in [-0.05, 0) is 25.1 Å². The van der Waals surface area contributed by atoms with E-state index in [1.54, 1.807) is 12.5 Å². The zero-order valence-electron chi connectivity index (χ0n) is 8.27. The van der Waals surface area contributed by atoms with Crippen molar-refractivity contribution >= 4 is 11.0 Å². The van der Waals surface area contributed by atoms with Gasteiger partial charge in [-0.3, -0.25) is 0 Å². The summed E-state index contributed by atoms with van der Waals surface area (Å²) in [4.78, 5) is 4.23. The molecule has 0 amide bonds. The molecule has 0 saturated carbocycles. The van der Waals surface area contributed by atoms with Crippen LogP contribution in [0.3, 0.4) is 0 Å². The van der Waals surface area contributed by atoms with Gasteiger partial charge < -0.3 is 14.5 Å². The van der Waals surface area contributed by atoms with E-state index in [9.17, 15) is 0 Å². The number of hydrogen-bond donors (Lipinski definition) is 1. The van der Waals surface area contributed by atoms with Gasteiger partial charge >= 0.3 is 0 Å². The third-order valence-corrected chi connectivity index (χ3v) is 2.64. The van der Waals surface area contributed by atoms with Gasteiger partial charge in [-0.15, -0.1) is 0 Å². The Bertz CT molecular complexity index is 460. The molecule has 3 heterocycles. The van der Waals surface area contributed by atoms with E-state index in [2.05, 4.69) is 10.3 Å². The predicted molar refractivity (Wildman–Crippen MR) is 55.9 cm³/mol. The van der Waals surface area contributed by atoms with Gasteiger partial charge in [0.2, 0.25) is 5.88 Å². The summed E-state index contributed by atoms with van der Waals surface area (Å²) in [7, 11) is 0. The third kappa shape index (κ3) is 1.57. The molecule has 1 unspecified atom stereocenters. The number of ether oxygens (including phenoxy) is 1. The molecule has 1 fully saturated rings. The van der Waals surface area contributed by atoms with Gasteiger partial charge in [0.1, 0.15) is 11.7 Å². The summed E-state index contributed by atoms with van der Waals surface area (Å²) in [6.07, 6.45) is 4.64. The highest BCUT2D eigenvalue weighted by atomic mass is 16.5. The molecule has 4 heteroatoms. The summed E-state index contributed by atoms with van der Waals surface area (Å²) in [6, 6.07) is 3.73. The van der Waals surface area contributed by atoms with Crippen molar-refractivity contribution in [3.63, 3.8) is 0 Å². The van der Waals surface area contributed by atoms with Gasteiger partial charge in [-0.1, -0.05) is 0 Å². The molecular weight excluding hydrogens is 192 g/mol. The third-order valence-electron chi connectivity index (χ3n) is 2.64. The first-order valence-corrected chi connectivity index (χ1v) is 5.13. The van der Waals surface area contributed by atoms with Gasteiger partial charge in [0, 0.05) is 12.7 Å². The van der Waals surface area contributed by atoms with Crippen LogP contribution >= 0.6 is 0 Å². The fourth-order valence-electron chi connectivity index (χ4n) is 1.85. The van der Waals surface area contributed by atoms with Crippen LogP contribution < -0.4 is 10.1 Å². The molecule has 3 rings (SSSR count). The topological polar surface area (TPSA) is 47.3 Å². The number of nitrogens with one attached hydrogen (secondary N) is 1. The van der Waals surface area contributed by atoms with Gasteiger partial charge in [-0.2, -0.15) is 0 Å². The number of pyridine rings is 1. The second-order valence-corrected chi connectivity index (χ2v) is 3.68. The van der Waals surface area contributed by atoms with E-state index < -0.39 is 0 Å². The number of aromatic nitrogens is 1. The molecule has 1 aliphatic heterocycles. The second kappa shape index (κ2) is 3.55. The zero-order chi connectivity index (χ0) is 10.1. The maximum Gasteiger partial charge on any atom is 0.224 e. The minimum atomic E-state index is 0.234. The van der Waals surface area contributed by atoms with E-state index in [0.29, 0.717) is 5.88 Å². The van der Waals surface area contributed by atoms with Crippen LogP contribution in [-0.4, -0.2) is 24.2 Å². The Morgan fingerprint density at radius 1 is 1.47 bits per heavy atom. The lowest BCUT2D eigenvalue weighted by atomic mass is 10.3. The molecule has 1 atom stereocenters. The van der Waals surface area contributed by atoms with Gasteiger partial charge in [0.15, 0.2) is 0 Å². The summed E-state index contributed by atoms with van der Waals surface area (Å²) in [6.45, 7) is 1.92. The molecule has 0 radical (unpaired) electrons. The minimum absolute atomic E-state index is 0.234. The van der Waals surface area contributed by atoms with Crippen LogP contribution in [0.2, 0.25) is 0 Å². The SMILES string of the molecule is c1cc2occc2c(OC2CCNC2)n1. The number of nitrogens with zero attached hydrogens (tertiary/aromatic N) is 1. The summed E-state index contributed by atoms with van der Waals surface area (Å²) in [5.41, 5.74) is 0.825. The van der Waals surface area contributed by atoms with Gasteiger partial charge in [-0.25, -0.2) is 4.98 Å². The monoisotopic (exact) mass is 204 g/mol. The van der Waals surface area contributed by atoms with Crippen LogP contribution in [0.25, 0.3) is 11.0 Å². The van der Waals surface area contributed by atoms with Crippen LogP contribution in [0, 0.1) is 0 Å². The van der Waals surface area contributed by atoms with Crippen molar-refractivity contribution < 1.29 is 9.15 Å². The number of hydrogen-bond acceptors (Lipinski definition) is 4. The molecule has 2 aromatic heterocycles. The van der Waals surface area contributed by atoms with E-state index in [1.807, 2.05) is 12.1 Å². The second-order valence-electron chi connectivity index (χ2n) is 3.68. The first-order valence-electron chi connectivity index (χ1n) is 5.13. The molecule has 0 spiro atoms. The summed E-state index contributed by atoms with van der Waals surface area (Å²) >= 11 is 0. The van der Waals surface area contributed by atoms with Crippen LogP contribution in [0.5, 0.6) is 5.88 Å². The van der Waals surface area contributed by atoms with Gasteiger partial charge in [0.05, 0.1) is 11.6 Å². The van der Waals surface area contributed by atoms with E-state index in [4.69, 9.17) is 9.15 Å². The highest BCUT2D eigenvalue weighted by molar-refractivity contribution is 5.81. The smallest absolute Gasteiger partial charge is 0.224 e. The maximum absolute atomic E-state index is 5.81. The molecule has 0 bridgehead atoms. The van der Waals surface area contributed by atoms with E-state index in [1.165, 1.54) is 0 Å². The number of furan rings is 1. The predicted octanol–water partition coefficient (Wildman–Crippen LogP) is 1.57. The lowest BCUT2D eigenvalue weighted by Gasteiger charge is -2.11. The normalized spacial score (nSPS) is 20.9. The molecule has 0 aliphatic carbocycles. The molecule has 0 aromatic carbocycles. The molecule has 78 valence electrons. The Kier molecular flexibility index (Phi) is 2.07. The lowest BCUT2D eigenvalue weighted by molar-refractivity contribution is 0.217. The summed E-state index contributed by atoms with van der Waals surface area (Å²) < 4.78 is 11.1. The van der Waals surface area contributed by atoms with Crippen LogP contribution in [0.1, 0.15) is 6.42 Å². The highest BCUT2D eigenvalue weighted by Gasteiger charge is 2.17. The fraction of sp³-hybridized carbons (Fsp3) is 0.364. The molecule has 15 heavy (non-hydrogen) atoms. The molecule has 1 aliphatic rings. The van der Waals surface area contributed by atoms with Crippen molar-refractivity contribution in [3.8, 4) is 5.88 Å². The lowest BCUT2D eigenvalue weighted by Crippen LogP contribution is -2.20. The van der Waals surface area contributed by atoms with E-state index in [0.717, 1.165) is 30.5 Å². The summed E-state index contributed by atoms with van der Waals surface area (Å²) in [5.74, 6) is 0.676. The molecule has 2 aromatic rings. The summed E-state index contributed by atoms with van der Waals surface area (Å²) in [5, 5.41) is 4.21. The quantitative estimate of drug-likeness (QED) is 0.806. The molecule has 4 nitrogen and oxygen atoms in total. The van der Waals surface area contributed by atoms with Crippen molar-refractivity contribution in [2.24, 2.45) is 0 Å². The Labute approximate surface area is 87.2 Å². The van der Waals surface area contributed by atoms with Crippen molar-refractivity contribution in [1.82, 2.24) is 10.3 Å². The van der Waals surface area contributed by atoms with Crippen molar-refractivity contribution in [1.29, 1.82) is 0 Å². The van der Waals surface area contributed by atoms with Crippen molar-refractivity contribution in [2.45, 2.75) is 12.5 Å². The van der Waals surface area contributed by atoms with E-state index in [-0.39, 0.29) is 6.10 Å². The standard InChI is InChI=1S/C11H12N2O2/c1-4-12-7-8(1)15-11-9-3-6-14-10(9)2-5-13-11/h2-3,5-6,8,12H,1,4,7H2. The Morgan fingerprint density at radius 2 is 2.47 bits per heavy atom. The first kappa shape index (κ1) is 8.73. The van der Waals surface area contributed by atoms with Gasteiger partial charge in [0.25, 0.3) is 0 Å². The largest absolute Gasteiger partial charge is 0.472 e. The molecule has 1 N–H and O–H groups in total. The van der Waals surface area contributed by atoms with Crippen LogP contribution in [0.4, 0.5) is 0 Å². The van der Waals surface area contributed by atoms with Crippen LogP contribution in [0.15, 0.2) is 29.0 Å². The Morgan fingerprint density at radius 3 is 3.33 bits per heavy atom. The average Bonchev–Trinajstić information content (AvgIpc) is 2.87. The number of fused-ring (bicyclic) bond motifs is 1. The number of rotatable bonds is 2. The highest BCUT2D eigenvalue weighted by Crippen LogP contribution is 2.25. The van der Waals surface area contributed by atoms with Crippen LogP contribution in [-0.2, 0) is 0 Å². The van der Waals surface area contributed by atoms with Crippen molar-refractivity contribution in [2.75, 3.05) is 13.1 Å². The average molecular weight is 204 g/mol. The Hall–Kier alpha value is -1.55. The van der Waals surface area contributed by atoms with Crippen molar-refractivity contribution in [3.05, 3.63) is 24.6 Å². The van der Waals surface area contributed by atoms with E-state index >= 15 is 0 Å². The fourth-order valence-corrected chi connectivity index (χ4v) is 1.85. The maximum atomic E-state index is 5.81. The minimum Gasteiger partial charge on any atom is -0.472 e. The first-order chi connectivity index (χ1) is 7.43. The molecule has 1 saturated heterocycles. The Balaban J connectivity index is 1.92. The molecular formula is C11H12N2O2.